The van der Waals surface area contributed by atoms with Crippen molar-refractivity contribution in [1.82, 2.24) is 25.2 Å². The Morgan fingerprint density at radius 3 is 2.59 bits per heavy atom. The number of carboxylic acids is 1. The molecule has 1 aliphatic rings. The first kappa shape index (κ1) is 24.1. The van der Waals surface area contributed by atoms with Crippen LogP contribution in [0.25, 0.3) is 5.65 Å². The van der Waals surface area contributed by atoms with Crippen LogP contribution >= 0.6 is 0 Å². The third-order valence-electron chi connectivity index (χ3n) is 6.77. The van der Waals surface area contributed by atoms with Crippen molar-refractivity contribution in [3.63, 3.8) is 0 Å². The molecule has 0 fully saturated rings. The maximum Gasteiger partial charge on any atom is 0.335 e. The molecule has 1 aliphatic carbocycles. The Morgan fingerprint density at radius 1 is 1.11 bits per heavy atom. The second kappa shape index (κ2) is 9.45. The molecule has 188 valence electrons. The second-order valence-corrected chi connectivity index (χ2v) is 9.05. The van der Waals surface area contributed by atoms with E-state index in [1.807, 2.05) is 0 Å². The number of carbonyl (C=O) groups is 3. The van der Waals surface area contributed by atoms with Crippen molar-refractivity contribution in [2.45, 2.75) is 38.8 Å². The van der Waals surface area contributed by atoms with Gasteiger partial charge >= 0.3 is 5.97 Å². The number of aromatic nitrogens is 3. The summed E-state index contributed by atoms with van der Waals surface area (Å²) in [5.74, 6) is -2.27. The van der Waals surface area contributed by atoms with E-state index in [2.05, 4.69) is 20.7 Å². The number of benzene rings is 2. The highest BCUT2D eigenvalue weighted by Gasteiger charge is 2.29. The monoisotopic (exact) mass is 501 g/mol. The van der Waals surface area contributed by atoms with Crippen molar-refractivity contribution in [2.24, 2.45) is 0 Å². The van der Waals surface area contributed by atoms with Crippen molar-refractivity contribution in [2.75, 3.05) is 0 Å². The molecule has 0 unspecified atom stereocenters. The van der Waals surface area contributed by atoms with Gasteiger partial charge in [0.25, 0.3) is 11.8 Å². The van der Waals surface area contributed by atoms with Crippen LogP contribution in [0.4, 0.5) is 4.39 Å². The fourth-order valence-corrected chi connectivity index (χ4v) is 4.79. The molecule has 0 spiro atoms. The van der Waals surface area contributed by atoms with Gasteiger partial charge in [0.15, 0.2) is 5.65 Å². The third kappa shape index (κ3) is 4.53. The predicted molar refractivity (Wildman–Crippen MR) is 132 cm³/mol. The molecule has 0 aliphatic heterocycles. The molecular formula is C27H24FN5O4. The smallest absolute Gasteiger partial charge is 0.335 e. The third-order valence-corrected chi connectivity index (χ3v) is 6.77. The summed E-state index contributed by atoms with van der Waals surface area (Å²) in [7, 11) is 0. The Labute approximate surface area is 211 Å². The number of nitrogens with one attached hydrogen (secondary N) is 2. The Kier molecular flexibility index (Phi) is 6.16. The number of fused-ring (bicyclic) bond motifs is 2. The average Bonchev–Trinajstić information content (AvgIpc) is 3.51. The SMILES string of the molecule is Cc1c(C(=O)O)ccc2c1CC[C@@H]2NC(=O)c1cc(C(=O)N[C@@H](C)c2ccc(F)cc2)nc2ccnn12. The summed E-state index contributed by atoms with van der Waals surface area (Å²) in [6.45, 7) is 3.55. The number of carboxylic acid groups (broad SMARTS) is 1. The first-order valence-corrected chi connectivity index (χ1v) is 11.8. The molecule has 2 amide bonds. The fraction of sp³-hybridized carbons (Fsp3) is 0.222. The van der Waals surface area contributed by atoms with E-state index in [1.165, 1.54) is 28.9 Å². The van der Waals surface area contributed by atoms with E-state index < -0.39 is 23.8 Å². The van der Waals surface area contributed by atoms with Crippen LogP contribution in [-0.2, 0) is 6.42 Å². The van der Waals surface area contributed by atoms with Gasteiger partial charge in [0.05, 0.1) is 23.8 Å². The Bertz CT molecular complexity index is 1550. The zero-order valence-corrected chi connectivity index (χ0v) is 20.2. The van der Waals surface area contributed by atoms with Gasteiger partial charge in [-0.1, -0.05) is 18.2 Å². The first-order valence-electron chi connectivity index (χ1n) is 11.8. The van der Waals surface area contributed by atoms with Gasteiger partial charge in [-0.15, -0.1) is 0 Å². The summed E-state index contributed by atoms with van der Waals surface area (Å²) in [5, 5.41) is 19.4. The average molecular weight is 502 g/mol. The zero-order valence-electron chi connectivity index (χ0n) is 20.2. The molecule has 0 radical (unpaired) electrons. The number of amides is 2. The highest BCUT2D eigenvalue weighted by Crippen LogP contribution is 2.35. The fourth-order valence-electron chi connectivity index (χ4n) is 4.79. The van der Waals surface area contributed by atoms with Crippen molar-refractivity contribution in [3.05, 3.63) is 99.8 Å². The number of nitrogens with zero attached hydrogens (tertiary/aromatic N) is 3. The maximum atomic E-state index is 13.4. The second-order valence-electron chi connectivity index (χ2n) is 9.05. The molecule has 9 nitrogen and oxygen atoms in total. The van der Waals surface area contributed by atoms with E-state index in [0.29, 0.717) is 24.1 Å². The summed E-state index contributed by atoms with van der Waals surface area (Å²) in [5.41, 5.74) is 4.01. The molecule has 5 rings (SSSR count). The molecule has 10 heteroatoms. The molecule has 0 saturated heterocycles. The van der Waals surface area contributed by atoms with Gasteiger partial charge in [0.1, 0.15) is 17.2 Å². The molecule has 2 aromatic heterocycles. The topological polar surface area (TPSA) is 126 Å². The number of rotatable bonds is 6. The summed E-state index contributed by atoms with van der Waals surface area (Å²) in [6, 6.07) is 11.4. The van der Waals surface area contributed by atoms with Crippen LogP contribution < -0.4 is 10.6 Å². The molecule has 0 saturated carbocycles. The van der Waals surface area contributed by atoms with E-state index in [-0.39, 0.29) is 28.8 Å². The van der Waals surface area contributed by atoms with Gasteiger partial charge in [-0.25, -0.2) is 18.7 Å². The van der Waals surface area contributed by atoms with Gasteiger partial charge in [-0.05, 0) is 67.1 Å². The summed E-state index contributed by atoms with van der Waals surface area (Å²) in [4.78, 5) is 42.2. The van der Waals surface area contributed by atoms with Gasteiger partial charge in [0.2, 0.25) is 0 Å². The van der Waals surface area contributed by atoms with Gasteiger partial charge in [0, 0.05) is 12.1 Å². The molecule has 2 aromatic carbocycles. The van der Waals surface area contributed by atoms with Crippen LogP contribution in [-0.4, -0.2) is 37.5 Å². The standard InChI is InChI=1S/C27H24FN5O4/c1-14-18-9-10-21(20(18)8-7-19(14)27(36)37)32-26(35)23-13-22(31-24-11-12-29-33(23)24)25(34)30-15(2)16-3-5-17(28)6-4-16/h3-8,11-13,15,21H,9-10H2,1-2H3,(H,30,34)(H,32,35)(H,36,37)/t15-,21-/m0/s1. The first-order chi connectivity index (χ1) is 17.7. The molecular weight excluding hydrogens is 477 g/mol. The lowest BCUT2D eigenvalue weighted by molar-refractivity contribution is 0.0695. The number of hydrogen-bond acceptors (Lipinski definition) is 5. The highest BCUT2D eigenvalue weighted by atomic mass is 19.1. The van der Waals surface area contributed by atoms with Crippen molar-refractivity contribution >= 4 is 23.4 Å². The van der Waals surface area contributed by atoms with Crippen LogP contribution in [0.2, 0.25) is 0 Å². The van der Waals surface area contributed by atoms with E-state index in [9.17, 15) is 23.9 Å². The van der Waals surface area contributed by atoms with Gasteiger partial charge in [-0.2, -0.15) is 5.10 Å². The lowest BCUT2D eigenvalue weighted by Gasteiger charge is -2.17. The molecule has 37 heavy (non-hydrogen) atoms. The normalized spacial score (nSPS) is 15.3. The van der Waals surface area contributed by atoms with Crippen LogP contribution in [0.5, 0.6) is 0 Å². The van der Waals surface area contributed by atoms with E-state index in [1.54, 1.807) is 44.2 Å². The van der Waals surface area contributed by atoms with Crippen LogP contribution in [0.15, 0.2) is 54.7 Å². The largest absolute Gasteiger partial charge is 0.478 e. The minimum atomic E-state index is -0.981. The van der Waals surface area contributed by atoms with E-state index in [0.717, 1.165) is 16.7 Å². The molecule has 3 N–H and O–H groups in total. The van der Waals surface area contributed by atoms with Gasteiger partial charge < -0.3 is 15.7 Å². The van der Waals surface area contributed by atoms with Crippen molar-refractivity contribution in [3.8, 4) is 0 Å². The summed E-state index contributed by atoms with van der Waals surface area (Å²) >= 11 is 0. The summed E-state index contributed by atoms with van der Waals surface area (Å²) in [6.07, 6.45) is 2.76. The van der Waals surface area contributed by atoms with E-state index in [4.69, 9.17) is 0 Å². The lowest BCUT2D eigenvalue weighted by atomic mass is 9.98. The van der Waals surface area contributed by atoms with Crippen LogP contribution in [0.1, 0.15) is 79.0 Å². The minimum Gasteiger partial charge on any atom is -0.478 e. The maximum absolute atomic E-state index is 13.4. The molecule has 2 atom stereocenters. The molecule has 0 bridgehead atoms. The predicted octanol–water partition coefficient (Wildman–Crippen LogP) is 3.78. The number of carbonyl (C=O) groups excluding carboxylic acids is 2. The summed E-state index contributed by atoms with van der Waals surface area (Å²) < 4.78 is 14.6. The highest BCUT2D eigenvalue weighted by molar-refractivity contribution is 5.98. The van der Waals surface area contributed by atoms with Crippen molar-refractivity contribution < 1.29 is 23.9 Å². The number of halogens is 1. The Balaban J connectivity index is 1.39. The van der Waals surface area contributed by atoms with Gasteiger partial charge in [-0.3, -0.25) is 9.59 Å². The van der Waals surface area contributed by atoms with Crippen molar-refractivity contribution in [1.29, 1.82) is 0 Å². The number of aromatic carboxylic acids is 1. The Morgan fingerprint density at radius 2 is 1.86 bits per heavy atom. The minimum absolute atomic E-state index is 0.0425. The van der Waals surface area contributed by atoms with E-state index >= 15 is 0 Å². The number of hydrogen-bond donors (Lipinski definition) is 3. The molecule has 2 heterocycles. The molecule has 4 aromatic rings. The lowest BCUT2D eigenvalue weighted by Crippen LogP contribution is -2.31. The van der Waals surface area contributed by atoms with Crippen LogP contribution in [0.3, 0.4) is 0 Å². The van der Waals surface area contributed by atoms with Crippen LogP contribution in [0, 0.1) is 12.7 Å². The quantitative estimate of drug-likeness (QED) is 0.369. The zero-order chi connectivity index (χ0) is 26.3. The Hall–Kier alpha value is -4.60.